The molecule has 1 aliphatic heterocycles. The highest BCUT2D eigenvalue weighted by Gasteiger charge is 2.34. The van der Waals surface area contributed by atoms with E-state index in [9.17, 15) is 5.11 Å². The van der Waals surface area contributed by atoms with Crippen LogP contribution in [0.1, 0.15) is 51.4 Å². The van der Waals surface area contributed by atoms with Crippen molar-refractivity contribution < 1.29 is 5.11 Å². The van der Waals surface area contributed by atoms with Crippen molar-refractivity contribution in [2.45, 2.75) is 57.4 Å². The van der Waals surface area contributed by atoms with Gasteiger partial charge in [-0.1, -0.05) is 25.7 Å². The van der Waals surface area contributed by atoms with Crippen molar-refractivity contribution in [1.29, 1.82) is 0 Å². The highest BCUT2D eigenvalue weighted by atomic mass is 16.3. The molecule has 1 saturated heterocycles. The summed E-state index contributed by atoms with van der Waals surface area (Å²) in [5.41, 5.74) is 0.199. The number of rotatable bonds is 4. The summed E-state index contributed by atoms with van der Waals surface area (Å²) in [4.78, 5) is 4.99. The molecule has 1 aliphatic carbocycles. The first-order valence-electron chi connectivity index (χ1n) is 8.15. The van der Waals surface area contributed by atoms with Crippen LogP contribution in [0.5, 0.6) is 0 Å². The van der Waals surface area contributed by atoms with E-state index in [0.29, 0.717) is 12.6 Å². The number of hydrogen-bond donors (Lipinski definition) is 1. The summed E-state index contributed by atoms with van der Waals surface area (Å²) in [6.45, 7) is 3.92. The first kappa shape index (κ1) is 15.3. The zero-order valence-electron chi connectivity index (χ0n) is 12.9. The second-order valence-corrected chi connectivity index (χ2v) is 7.07. The van der Waals surface area contributed by atoms with E-state index in [2.05, 4.69) is 23.9 Å². The summed E-state index contributed by atoms with van der Waals surface area (Å²) >= 11 is 0. The molecule has 1 N–H and O–H groups in total. The van der Waals surface area contributed by atoms with Crippen molar-refractivity contribution in [3.63, 3.8) is 0 Å². The molecule has 0 aromatic rings. The zero-order chi connectivity index (χ0) is 13.7. The number of likely N-dealkylation sites (N-methyl/N-ethyl adjacent to an activating group) is 1. The van der Waals surface area contributed by atoms with Crippen LogP contribution in [0.3, 0.4) is 0 Å². The zero-order valence-corrected chi connectivity index (χ0v) is 12.9. The van der Waals surface area contributed by atoms with Crippen molar-refractivity contribution in [3.05, 3.63) is 0 Å². The van der Waals surface area contributed by atoms with E-state index in [-0.39, 0.29) is 5.41 Å². The van der Waals surface area contributed by atoms with E-state index in [1.807, 2.05) is 0 Å². The lowest BCUT2D eigenvalue weighted by molar-refractivity contribution is 0.0353. The van der Waals surface area contributed by atoms with E-state index < -0.39 is 0 Å². The Morgan fingerprint density at radius 1 is 1.11 bits per heavy atom. The third-order valence-electron chi connectivity index (χ3n) is 5.27. The Balaban J connectivity index is 1.93. The standard InChI is InChI=1S/C16H32N2O/c1-17(2)15-8-7-11-18(12-15)13-16(14-19)9-5-3-4-6-10-16/h15,19H,3-14H2,1-2H3. The van der Waals surface area contributed by atoms with Crippen LogP contribution in [-0.2, 0) is 0 Å². The van der Waals surface area contributed by atoms with Gasteiger partial charge < -0.3 is 14.9 Å². The van der Waals surface area contributed by atoms with Crippen molar-refractivity contribution in [2.75, 3.05) is 40.3 Å². The maximum Gasteiger partial charge on any atom is 0.0499 e. The summed E-state index contributed by atoms with van der Waals surface area (Å²) in [7, 11) is 4.39. The highest BCUT2D eigenvalue weighted by Crippen LogP contribution is 2.36. The van der Waals surface area contributed by atoms with Crippen LogP contribution in [-0.4, -0.2) is 61.3 Å². The van der Waals surface area contributed by atoms with Crippen LogP contribution in [0, 0.1) is 5.41 Å². The minimum Gasteiger partial charge on any atom is -0.396 e. The molecule has 2 fully saturated rings. The second kappa shape index (κ2) is 7.05. The lowest BCUT2D eigenvalue weighted by atomic mass is 9.80. The van der Waals surface area contributed by atoms with Crippen molar-refractivity contribution >= 4 is 0 Å². The molecule has 3 heteroatoms. The molecule has 2 rings (SSSR count). The van der Waals surface area contributed by atoms with Crippen LogP contribution in [0.2, 0.25) is 0 Å². The van der Waals surface area contributed by atoms with E-state index >= 15 is 0 Å². The third kappa shape index (κ3) is 4.17. The van der Waals surface area contributed by atoms with E-state index in [4.69, 9.17) is 0 Å². The monoisotopic (exact) mass is 268 g/mol. The van der Waals surface area contributed by atoms with Gasteiger partial charge in [-0.3, -0.25) is 0 Å². The van der Waals surface area contributed by atoms with Crippen LogP contribution >= 0.6 is 0 Å². The summed E-state index contributed by atoms with van der Waals surface area (Å²) in [6, 6.07) is 0.704. The Morgan fingerprint density at radius 2 is 1.79 bits per heavy atom. The van der Waals surface area contributed by atoms with Gasteiger partial charge in [0.1, 0.15) is 0 Å². The first-order valence-corrected chi connectivity index (χ1v) is 8.15. The fourth-order valence-corrected chi connectivity index (χ4v) is 3.92. The smallest absolute Gasteiger partial charge is 0.0499 e. The molecule has 0 aromatic heterocycles. The van der Waals surface area contributed by atoms with Crippen molar-refractivity contribution in [3.8, 4) is 0 Å². The highest BCUT2D eigenvalue weighted by molar-refractivity contribution is 4.87. The fraction of sp³-hybridized carbons (Fsp3) is 1.00. The molecule has 112 valence electrons. The minimum atomic E-state index is 0.199. The molecule has 1 unspecified atom stereocenters. The number of aliphatic hydroxyl groups is 1. The number of likely N-dealkylation sites (tertiary alicyclic amines) is 1. The van der Waals surface area contributed by atoms with Crippen molar-refractivity contribution in [2.24, 2.45) is 5.41 Å². The van der Waals surface area contributed by atoms with Gasteiger partial charge in [0, 0.05) is 31.2 Å². The normalized spacial score (nSPS) is 29.4. The predicted molar refractivity (Wildman–Crippen MR) is 80.4 cm³/mol. The summed E-state index contributed by atoms with van der Waals surface area (Å²) in [6.07, 6.45) is 10.4. The van der Waals surface area contributed by atoms with Gasteiger partial charge in [0.05, 0.1) is 0 Å². The van der Waals surface area contributed by atoms with Gasteiger partial charge in [-0.05, 0) is 46.3 Å². The van der Waals surface area contributed by atoms with Gasteiger partial charge in [-0.2, -0.15) is 0 Å². The average Bonchev–Trinajstić information content (AvgIpc) is 2.65. The van der Waals surface area contributed by atoms with Crippen LogP contribution < -0.4 is 0 Å². The lowest BCUT2D eigenvalue weighted by Gasteiger charge is -2.42. The van der Waals surface area contributed by atoms with E-state index in [0.717, 1.165) is 6.54 Å². The molecule has 0 radical (unpaired) electrons. The molecular weight excluding hydrogens is 236 g/mol. The number of hydrogen-bond acceptors (Lipinski definition) is 3. The number of nitrogens with zero attached hydrogens (tertiary/aromatic N) is 2. The van der Waals surface area contributed by atoms with E-state index in [1.54, 1.807) is 0 Å². The molecular formula is C16H32N2O. The van der Waals surface area contributed by atoms with E-state index in [1.165, 1.54) is 64.5 Å². The lowest BCUT2D eigenvalue weighted by Crippen LogP contribution is -2.49. The van der Waals surface area contributed by atoms with Gasteiger partial charge in [-0.15, -0.1) is 0 Å². The topological polar surface area (TPSA) is 26.7 Å². The average molecular weight is 268 g/mol. The molecule has 0 aromatic carbocycles. The largest absolute Gasteiger partial charge is 0.396 e. The van der Waals surface area contributed by atoms with Gasteiger partial charge in [0.2, 0.25) is 0 Å². The number of piperidine rings is 1. The quantitative estimate of drug-likeness (QED) is 0.793. The Hall–Kier alpha value is -0.120. The Bertz CT molecular complexity index is 259. The summed E-state index contributed by atoms with van der Waals surface area (Å²) < 4.78 is 0. The van der Waals surface area contributed by atoms with Crippen LogP contribution in [0.15, 0.2) is 0 Å². The van der Waals surface area contributed by atoms with Gasteiger partial charge >= 0.3 is 0 Å². The van der Waals surface area contributed by atoms with Crippen molar-refractivity contribution in [1.82, 2.24) is 9.80 Å². The maximum atomic E-state index is 9.94. The van der Waals surface area contributed by atoms with Gasteiger partial charge in [0.15, 0.2) is 0 Å². The first-order chi connectivity index (χ1) is 9.15. The van der Waals surface area contributed by atoms with Crippen LogP contribution in [0.4, 0.5) is 0 Å². The molecule has 1 heterocycles. The summed E-state index contributed by atoms with van der Waals surface area (Å²) in [5, 5.41) is 9.94. The molecule has 1 saturated carbocycles. The predicted octanol–water partition coefficient (Wildman–Crippen LogP) is 2.35. The molecule has 1 atom stereocenters. The second-order valence-electron chi connectivity index (χ2n) is 7.07. The molecule has 0 bridgehead atoms. The fourth-order valence-electron chi connectivity index (χ4n) is 3.92. The Labute approximate surface area is 119 Å². The maximum absolute atomic E-state index is 9.94. The minimum absolute atomic E-state index is 0.199. The molecule has 0 amide bonds. The van der Waals surface area contributed by atoms with Gasteiger partial charge in [-0.25, -0.2) is 0 Å². The molecule has 19 heavy (non-hydrogen) atoms. The third-order valence-corrected chi connectivity index (χ3v) is 5.27. The van der Waals surface area contributed by atoms with Crippen LogP contribution in [0.25, 0.3) is 0 Å². The van der Waals surface area contributed by atoms with Gasteiger partial charge in [0.25, 0.3) is 0 Å². The Morgan fingerprint density at radius 3 is 2.37 bits per heavy atom. The number of aliphatic hydroxyl groups excluding tert-OH is 1. The molecule has 2 aliphatic rings. The Kier molecular flexibility index (Phi) is 5.67. The molecule has 0 spiro atoms. The summed E-state index contributed by atoms with van der Waals surface area (Å²) in [5.74, 6) is 0. The SMILES string of the molecule is CN(C)C1CCCN(CC2(CO)CCCCCC2)C1. The molecule has 3 nitrogen and oxygen atoms in total.